The van der Waals surface area contributed by atoms with Crippen molar-refractivity contribution < 1.29 is 9.72 Å². The van der Waals surface area contributed by atoms with Gasteiger partial charge in [0.25, 0.3) is 5.69 Å². The van der Waals surface area contributed by atoms with E-state index >= 15 is 0 Å². The van der Waals surface area contributed by atoms with Crippen LogP contribution in [0.5, 0.6) is 0 Å². The highest BCUT2D eigenvalue weighted by Gasteiger charge is 2.08. The fourth-order valence-corrected chi connectivity index (χ4v) is 2.65. The molecule has 0 unspecified atom stereocenters. The number of rotatable bonds is 5. The third-order valence-electron chi connectivity index (χ3n) is 2.39. The van der Waals surface area contributed by atoms with E-state index in [0.29, 0.717) is 5.03 Å². The van der Waals surface area contributed by atoms with E-state index in [9.17, 15) is 14.9 Å². The number of nitro groups is 1. The maximum atomic E-state index is 11.8. The van der Waals surface area contributed by atoms with Gasteiger partial charge in [-0.3, -0.25) is 14.9 Å². The SMILES string of the molecule is O=C(CSc1ccc([N+](=O)[O-])cn1)Nc1cccc(I)c1. The number of hydrogen-bond donors (Lipinski definition) is 1. The number of thioether (sulfide) groups is 1. The molecular formula is C13H10IN3O3S. The number of anilines is 1. The van der Waals surface area contributed by atoms with Gasteiger partial charge in [0.2, 0.25) is 5.91 Å². The number of aromatic nitrogens is 1. The van der Waals surface area contributed by atoms with Gasteiger partial charge in [-0.15, -0.1) is 0 Å². The van der Waals surface area contributed by atoms with Crippen molar-refractivity contribution in [1.82, 2.24) is 4.98 Å². The summed E-state index contributed by atoms with van der Waals surface area (Å²) in [6.45, 7) is 0. The zero-order valence-corrected chi connectivity index (χ0v) is 13.6. The quantitative estimate of drug-likeness (QED) is 0.351. The van der Waals surface area contributed by atoms with Crippen LogP contribution in [0.4, 0.5) is 11.4 Å². The summed E-state index contributed by atoms with van der Waals surface area (Å²) in [6, 6.07) is 10.4. The number of hydrogen-bond acceptors (Lipinski definition) is 5. The van der Waals surface area contributed by atoms with E-state index in [1.165, 1.54) is 30.1 Å². The topological polar surface area (TPSA) is 85.1 Å². The van der Waals surface area contributed by atoms with E-state index in [-0.39, 0.29) is 17.3 Å². The van der Waals surface area contributed by atoms with Gasteiger partial charge in [-0.05, 0) is 46.9 Å². The van der Waals surface area contributed by atoms with Crippen molar-refractivity contribution in [2.75, 3.05) is 11.1 Å². The van der Waals surface area contributed by atoms with Crippen molar-refractivity contribution in [1.29, 1.82) is 0 Å². The number of carbonyl (C=O) groups is 1. The molecule has 0 aliphatic heterocycles. The summed E-state index contributed by atoms with van der Waals surface area (Å²) in [5, 5.41) is 13.9. The second-order valence-electron chi connectivity index (χ2n) is 3.96. The van der Waals surface area contributed by atoms with Gasteiger partial charge in [-0.2, -0.15) is 0 Å². The Kier molecular flexibility index (Phi) is 5.51. The number of carbonyl (C=O) groups excluding carboxylic acids is 1. The van der Waals surface area contributed by atoms with Gasteiger partial charge < -0.3 is 5.32 Å². The van der Waals surface area contributed by atoms with Gasteiger partial charge in [0, 0.05) is 15.3 Å². The third-order valence-corrected chi connectivity index (χ3v) is 4.01. The minimum absolute atomic E-state index is 0.0670. The molecule has 2 aromatic rings. The number of pyridine rings is 1. The molecule has 0 saturated carbocycles. The fourth-order valence-electron chi connectivity index (χ4n) is 1.47. The zero-order chi connectivity index (χ0) is 15.2. The number of halogens is 1. The first-order chi connectivity index (χ1) is 10.0. The molecule has 0 saturated heterocycles. The van der Waals surface area contributed by atoms with E-state index in [2.05, 4.69) is 32.9 Å². The maximum absolute atomic E-state index is 11.8. The van der Waals surface area contributed by atoms with Crippen LogP contribution in [0.1, 0.15) is 0 Å². The first kappa shape index (κ1) is 15.7. The van der Waals surface area contributed by atoms with Crippen LogP contribution in [0, 0.1) is 13.7 Å². The summed E-state index contributed by atoms with van der Waals surface area (Å²) >= 11 is 3.39. The molecule has 1 N–H and O–H groups in total. The Morgan fingerprint density at radius 2 is 2.19 bits per heavy atom. The second kappa shape index (κ2) is 7.36. The van der Waals surface area contributed by atoms with Crippen molar-refractivity contribution in [3.05, 3.63) is 56.3 Å². The summed E-state index contributed by atoms with van der Waals surface area (Å²) in [4.78, 5) is 25.7. The Morgan fingerprint density at radius 1 is 1.38 bits per heavy atom. The van der Waals surface area contributed by atoms with Crippen LogP contribution >= 0.6 is 34.4 Å². The molecule has 21 heavy (non-hydrogen) atoms. The normalized spacial score (nSPS) is 10.1. The molecule has 0 aliphatic rings. The number of nitrogens with zero attached hydrogens (tertiary/aromatic N) is 2. The van der Waals surface area contributed by atoms with Gasteiger partial charge in [-0.25, -0.2) is 4.98 Å². The van der Waals surface area contributed by atoms with E-state index < -0.39 is 4.92 Å². The molecule has 8 heteroatoms. The minimum atomic E-state index is -0.509. The first-order valence-corrected chi connectivity index (χ1v) is 7.90. The fraction of sp³-hybridized carbons (Fsp3) is 0.0769. The van der Waals surface area contributed by atoms with E-state index in [1.807, 2.05) is 24.3 Å². The first-order valence-electron chi connectivity index (χ1n) is 5.83. The molecule has 0 aliphatic carbocycles. The Hall–Kier alpha value is -1.68. The summed E-state index contributed by atoms with van der Waals surface area (Å²) in [6.07, 6.45) is 1.18. The molecule has 0 fully saturated rings. The lowest BCUT2D eigenvalue weighted by molar-refractivity contribution is -0.385. The molecule has 0 spiro atoms. The average Bonchev–Trinajstić information content (AvgIpc) is 2.45. The van der Waals surface area contributed by atoms with Gasteiger partial charge in [-0.1, -0.05) is 17.8 Å². The highest BCUT2D eigenvalue weighted by molar-refractivity contribution is 14.1. The van der Waals surface area contributed by atoms with Crippen molar-refractivity contribution in [3.8, 4) is 0 Å². The van der Waals surface area contributed by atoms with E-state index in [1.54, 1.807) is 0 Å². The Balaban J connectivity index is 1.87. The van der Waals surface area contributed by atoms with E-state index in [0.717, 1.165) is 9.26 Å². The molecule has 1 heterocycles. The lowest BCUT2D eigenvalue weighted by Crippen LogP contribution is -2.14. The van der Waals surface area contributed by atoms with Crippen LogP contribution in [0.3, 0.4) is 0 Å². The Bertz CT molecular complexity index is 664. The maximum Gasteiger partial charge on any atom is 0.287 e. The summed E-state index contributed by atoms with van der Waals surface area (Å²) < 4.78 is 1.04. The highest BCUT2D eigenvalue weighted by atomic mass is 127. The largest absolute Gasteiger partial charge is 0.325 e. The van der Waals surface area contributed by atoms with Crippen molar-refractivity contribution in [2.24, 2.45) is 0 Å². The molecule has 108 valence electrons. The monoisotopic (exact) mass is 415 g/mol. The number of nitrogens with one attached hydrogen (secondary N) is 1. The van der Waals surface area contributed by atoms with Crippen molar-refractivity contribution in [3.63, 3.8) is 0 Å². The summed E-state index contributed by atoms with van der Waals surface area (Å²) in [7, 11) is 0. The smallest absolute Gasteiger partial charge is 0.287 e. The molecule has 1 amide bonds. The average molecular weight is 415 g/mol. The summed E-state index contributed by atoms with van der Waals surface area (Å²) in [5.74, 6) is 0.0400. The van der Waals surface area contributed by atoms with Gasteiger partial charge >= 0.3 is 0 Å². The van der Waals surface area contributed by atoms with Crippen LogP contribution in [0.15, 0.2) is 47.6 Å². The highest BCUT2D eigenvalue weighted by Crippen LogP contribution is 2.19. The molecule has 0 atom stereocenters. The number of benzene rings is 1. The second-order valence-corrected chi connectivity index (χ2v) is 6.20. The molecule has 1 aromatic heterocycles. The minimum Gasteiger partial charge on any atom is -0.325 e. The van der Waals surface area contributed by atoms with Gasteiger partial charge in [0.1, 0.15) is 6.20 Å². The standard InChI is InChI=1S/C13H10IN3O3S/c14-9-2-1-3-10(6-9)16-12(18)8-21-13-5-4-11(7-15-13)17(19)20/h1-7H,8H2,(H,16,18). The van der Waals surface area contributed by atoms with Gasteiger partial charge in [0.05, 0.1) is 15.7 Å². The molecule has 2 rings (SSSR count). The predicted molar refractivity (Wildman–Crippen MR) is 89.4 cm³/mol. The molecule has 6 nitrogen and oxygen atoms in total. The molecular weight excluding hydrogens is 405 g/mol. The van der Waals surface area contributed by atoms with Gasteiger partial charge in [0.15, 0.2) is 0 Å². The van der Waals surface area contributed by atoms with Crippen molar-refractivity contribution >= 4 is 51.6 Å². The Morgan fingerprint density at radius 3 is 2.81 bits per heavy atom. The van der Waals surface area contributed by atoms with Crippen molar-refractivity contribution in [2.45, 2.75) is 5.03 Å². The zero-order valence-electron chi connectivity index (χ0n) is 10.7. The van der Waals surface area contributed by atoms with Crippen LogP contribution in [-0.2, 0) is 4.79 Å². The molecule has 0 bridgehead atoms. The number of amides is 1. The van der Waals surface area contributed by atoms with Crippen LogP contribution in [0.25, 0.3) is 0 Å². The lowest BCUT2D eigenvalue weighted by atomic mass is 10.3. The predicted octanol–water partition coefficient (Wildman–Crippen LogP) is 3.33. The van der Waals surface area contributed by atoms with Crippen LogP contribution in [-0.4, -0.2) is 21.6 Å². The van der Waals surface area contributed by atoms with Crippen LogP contribution < -0.4 is 5.32 Å². The third kappa shape index (κ3) is 4.97. The molecule has 1 aromatic carbocycles. The van der Waals surface area contributed by atoms with Crippen LogP contribution in [0.2, 0.25) is 0 Å². The Labute approximate surface area is 138 Å². The molecule has 0 radical (unpaired) electrons. The van der Waals surface area contributed by atoms with E-state index in [4.69, 9.17) is 0 Å². The summed E-state index contributed by atoms with van der Waals surface area (Å²) in [5.41, 5.74) is 0.673. The lowest BCUT2D eigenvalue weighted by Gasteiger charge is -2.05.